The molecule has 1 aliphatic carbocycles. The number of hydrogen-bond donors (Lipinski definition) is 0. The van der Waals surface area contributed by atoms with Crippen molar-refractivity contribution < 1.29 is 4.74 Å². The summed E-state index contributed by atoms with van der Waals surface area (Å²) in [5.41, 5.74) is -0.262. The molecule has 0 atom stereocenters. The Morgan fingerprint density at radius 2 is 2.07 bits per heavy atom. The third-order valence-electron chi connectivity index (χ3n) is 2.86. The fourth-order valence-corrected chi connectivity index (χ4v) is 2.71. The molecule has 3 nitrogen and oxygen atoms in total. The Bertz CT molecular complexity index is 310. The topological polar surface area (TPSA) is 35.0 Å². The Labute approximate surface area is 92.6 Å². The predicted octanol–water partition coefficient (Wildman–Crippen LogP) is 3.00. The molecule has 0 spiro atoms. The van der Waals surface area contributed by atoms with Crippen molar-refractivity contribution in [2.75, 3.05) is 7.11 Å². The first-order valence-electron chi connectivity index (χ1n) is 4.82. The predicted molar refractivity (Wildman–Crippen MR) is 56.7 cm³/mol. The molecule has 2 rings (SSSR count). The van der Waals surface area contributed by atoms with Gasteiger partial charge in [-0.2, -0.15) is 4.37 Å². The Kier molecular flexibility index (Phi) is 3.04. The minimum atomic E-state index is -0.262. The Hall–Kier alpha value is -0.190. The summed E-state index contributed by atoms with van der Waals surface area (Å²) in [5, 5.41) is 0. The second-order valence-electron chi connectivity index (χ2n) is 3.63. The lowest BCUT2D eigenvalue weighted by molar-refractivity contribution is -0.0506. The van der Waals surface area contributed by atoms with Gasteiger partial charge >= 0.3 is 0 Å². The average molecular weight is 233 g/mol. The van der Waals surface area contributed by atoms with Crippen LogP contribution in [0.15, 0.2) is 0 Å². The molecule has 1 aliphatic rings. The van der Waals surface area contributed by atoms with Gasteiger partial charge in [0.2, 0.25) is 4.47 Å². The van der Waals surface area contributed by atoms with Gasteiger partial charge in [0.25, 0.3) is 0 Å². The Morgan fingerprint density at radius 3 is 2.57 bits per heavy atom. The number of nitrogens with zero attached hydrogens (tertiary/aromatic N) is 2. The van der Waals surface area contributed by atoms with E-state index < -0.39 is 0 Å². The highest BCUT2D eigenvalue weighted by Gasteiger charge is 2.37. The quantitative estimate of drug-likeness (QED) is 0.786. The molecule has 5 heteroatoms. The lowest BCUT2D eigenvalue weighted by Gasteiger charge is -2.33. The molecule has 78 valence electrons. The van der Waals surface area contributed by atoms with E-state index in [0.717, 1.165) is 18.7 Å². The lowest BCUT2D eigenvalue weighted by atomic mass is 9.84. The number of hydrogen-bond acceptors (Lipinski definition) is 4. The standard InChI is InChI=1S/C9H13ClN2OS/c1-13-9(5-3-2-4-6-9)7-11-8(10)14-12-7/h2-6H2,1H3. The van der Waals surface area contributed by atoms with Gasteiger partial charge in [-0.05, 0) is 36.0 Å². The lowest BCUT2D eigenvalue weighted by Crippen LogP contribution is -2.32. The first kappa shape index (κ1) is 10.3. The number of rotatable bonds is 2. The van der Waals surface area contributed by atoms with E-state index in [9.17, 15) is 0 Å². The van der Waals surface area contributed by atoms with Crippen molar-refractivity contribution in [3.63, 3.8) is 0 Å². The first-order valence-corrected chi connectivity index (χ1v) is 5.97. The number of aromatic nitrogens is 2. The van der Waals surface area contributed by atoms with Gasteiger partial charge in [0.15, 0.2) is 5.82 Å². The minimum Gasteiger partial charge on any atom is -0.370 e. The molecule has 0 aliphatic heterocycles. The van der Waals surface area contributed by atoms with Crippen LogP contribution in [0.3, 0.4) is 0 Å². The molecule has 0 amide bonds. The maximum atomic E-state index is 5.79. The summed E-state index contributed by atoms with van der Waals surface area (Å²) in [6.45, 7) is 0. The van der Waals surface area contributed by atoms with Crippen LogP contribution in [0.25, 0.3) is 0 Å². The largest absolute Gasteiger partial charge is 0.370 e. The summed E-state index contributed by atoms with van der Waals surface area (Å²) in [6.07, 6.45) is 5.67. The van der Waals surface area contributed by atoms with Gasteiger partial charge in [-0.3, -0.25) is 0 Å². The summed E-state index contributed by atoms with van der Waals surface area (Å²) >= 11 is 7.02. The van der Waals surface area contributed by atoms with E-state index in [4.69, 9.17) is 16.3 Å². The Morgan fingerprint density at radius 1 is 1.36 bits per heavy atom. The normalized spacial score (nSPS) is 21.0. The van der Waals surface area contributed by atoms with E-state index in [1.807, 2.05) is 0 Å². The molecule has 0 N–H and O–H groups in total. The van der Waals surface area contributed by atoms with Gasteiger partial charge in [0.1, 0.15) is 5.60 Å². The Balaban J connectivity index is 2.26. The fraction of sp³-hybridized carbons (Fsp3) is 0.778. The molecule has 1 saturated carbocycles. The molecule has 1 aromatic rings. The molecular weight excluding hydrogens is 220 g/mol. The van der Waals surface area contributed by atoms with Gasteiger partial charge in [-0.25, -0.2) is 4.98 Å². The zero-order chi connectivity index (χ0) is 10.0. The van der Waals surface area contributed by atoms with Crippen LogP contribution in [0.5, 0.6) is 0 Å². The van der Waals surface area contributed by atoms with Crippen LogP contribution in [0.1, 0.15) is 37.9 Å². The van der Waals surface area contributed by atoms with E-state index in [1.165, 1.54) is 30.8 Å². The molecule has 1 heterocycles. The minimum absolute atomic E-state index is 0.262. The molecule has 0 radical (unpaired) electrons. The van der Waals surface area contributed by atoms with E-state index in [1.54, 1.807) is 7.11 Å². The third kappa shape index (κ3) is 1.78. The van der Waals surface area contributed by atoms with Crippen molar-refractivity contribution in [3.05, 3.63) is 10.3 Å². The highest BCUT2D eigenvalue weighted by atomic mass is 35.5. The van der Waals surface area contributed by atoms with Crippen molar-refractivity contribution in [1.29, 1.82) is 0 Å². The summed E-state index contributed by atoms with van der Waals surface area (Å²) in [4.78, 5) is 4.23. The van der Waals surface area contributed by atoms with E-state index in [-0.39, 0.29) is 5.60 Å². The molecule has 0 unspecified atom stereocenters. The zero-order valence-corrected chi connectivity index (χ0v) is 9.70. The molecular formula is C9H13ClN2OS. The summed E-state index contributed by atoms with van der Waals surface area (Å²) < 4.78 is 10.4. The molecule has 0 aromatic carbocycles. The maximum absolute atomic E-state index is 5.79. The number of ether oxygens (including phenoxy) is 1. The highest BCUT2D eigenvalue weighted by Crippen LogP contribution is 2.39. The van der Waals surface area contributed by atoms with Crippen molar-refractivity contribution in [1.82, 2.24) is 9.36 Å². The van der Waals surface area contributed by atoms with E-state index in [2.05, 4.69) is 9.36 Å². The van der Waals surface area contributed by atoms with Gasteiger partial charge in [-0.15, -0.1) is 0 Å². The molecule has 1 fully saturated rings. The summed E-state index contributed by atoms with van der Waals surface area (Å²) in [7, 11) is 1.74. The van der Waals surface area contributed by atoms with Crippen LogP contribution in [-0.4, -0.2) is 16.5 Å². The number of methoxy groups -OCH3 is 1. The van der Waals surface area contributed by atoms with Crippen LogP contribution in [-0.2, 0) is 10.3 Å². The van der Waals surface area contributed by atoms with Crippen LogP contribution >= 0.6 is 23.1 Å². The van der Waals surface area contributed by atoms with Crippen LogP contribution in [0, 0.1) is 0 Å². The van der Waals surface area contributed by atoms with Crippen molar-refractivity contribution >= 4 is 23.1 Å². The van der Waals surface area contributed by atoms with Crippen molar-refractivity contribution in [2.45, 2.75) is 37.7 Å². The van der Waals surface area contributed by atoms with Crippen molar-refractivity contribution in [2.24, 2.45) is 0 Å². The third-order valence-corrected chi connectivity index (χ3v) is 3.66. The van der Waals surface area contributed by atoms with Crippen LogP contribution < -0.4 is 0 Å². The monoisotopic (exact) mass is 232 g/mol. The fourth-order valence-electron chi connectivity index (χ4n) is 2.03. The second kappa shape index (κ2) is 4.13. The van der Waals surface area contributed by atoms with Gasteiger partial charge in [0.05, 0.1) is 0 Å². The smallest absolute Gasteiger partial charge is 0.203 e. The zero-order valence-electron chi connectivity index (χ0n) is 8.12. The van der Waals surface area contributed by atoms with Crippen molar-refractivity contribution in [3.8, 4) is 0 Å². The van der Waals surface area contributed by atoms with Gasteiger partial charge < -0.3 is 4.74 Å². The number of halogens is 1. The van der Waals surface area contributed by atoms with Crippen LogP contribution in [0.2, 0.25) is 4.47 Å². The van der Waals surface area contributed by atoms with Gasteiger partial charge in [-0.1, -0.05) is 19.3 Å². The summed E-state index contributed by atoms with van der Waals surface area (Å²) in [6, 6.07) is 0. The van der Waals surface area contributed by atoms with E-state index in [0.29, 0.717) is 4.47 Å². The molecule has 0 bridgehead atoms. The van der Waals surface area contributed by atoms with Crippen LogP contribution in [0.4, 0.5) is 0 Å². The molecule has 0 saturated heterocycles. The van der Waals surface area contributed by atoms with Gasteiger partial charge in [0, 0.05) is 7.11 Å². The van der Waals surface area contributed by atoms with E-state index >= 15 is 0 Å². The maximum Gasteiger partial charge on any atom is 0.203 e. The molecule has 1 aromatic heterocycles. The highest BCUT2D eigenvalue weighted by molar-refractivity contribution is 7.10. The average Bonchev–Trinajstić information content (AvgIpc) is 2.66. The SMILES string of the molecule is COC1(c2nsc(Cl)n2)CCCCC1. The summed E-state index contributed by atoms with van der Waals surface area (Å²) in [5.74, 6) is 0.773. The molecule has 14 heavy (non-hydrogen) atoms. The second-order valence-corrected chi connectivity index (χ2v) is 4.96. The first-order chi connectivity index (χ1) is 6.77.